The predicted octanol–water partition coefficient (Wildman–Crippen LogP) is 2.27. The summed E-state index contributed by atoms with van der Waals surface area (Å²) in [6, 6.07) is 7.40. The zero-order chi connectivity index (χ0) is 14.6. The molecule has 1 aliphatic heterocycles. The van der Waals surface area contributed by atoms with Gasteiger partial charge in [0.25, 0.3) is 0 Å². The first-order valence-corrected chi connectivity index (χ1v) is 7.30. The molecular weight excluding hydrogens is 276 g/mol. The van der Waals surface area contributed by atoms with E-state index in [-0.39, 0.29) is 11.9 Å². The van der Waals surface area contributed by atoms with Gasteiger partial charge < -0.3 is 15.8 Å². The van der Waals surface area contributed by atoms with Crippen LogP contribution in [0.25, 0.3) is 0 Å². The van der Waals surface area contributed by atoms with E-state index in [1.807, 2.05) is 31.2 Å². The maximum Gasteiger partial charge on any atom is 0.228 e. The Hall–Kier alpha value is -1.10. The molecule has 1 aromatic carbocycles. The summed E-state index contributed by atoms with van der Waals surface area (Å²) in [6.07, 6.45) is 1.34. The van der Waals surface area contributed by atoms with Crippen molar-refractivity contribution in [1.82, 2.24) is 5.32 Å². The van der Waals surface area contributed by atoms with Crippen LogP contribution < -0.4 is 11.1 Å². The zero-order valence-electron chi connectivity index (χ0n) is 11.7. The third-order valence-corrected chi connectivity index (χ3v) is 4.39. The van der Waals surface area contributed by atoms with Gasteiger partial charge in [0, 0.05) is 24.8 Å². The van der Waals surface area contributed by atoms with E-state index >= 15 is 0 Å². The van der Waals surface area contributed by atoms with Crippen LogP contribution in [0, 0.1) is 5.41 Å². The number of hydrogen-bond donors (Lipinski definition) is 2. The summed E-state index contributed by atoms with van der Waals surface area (Å²) in [5.74, 6) is -0.00396. The lowest BCUT2D eigenvalue weighted by molar-refractivity contribution is -0.136. The van der Waals surface area contributed by atoms with E-state index in [1.54, 1.807) is 0 Å². The minimum absolute atomic E-state index is 0.00396. The summed E-state index contributed by atoms with van der Waals surface area (Å²) >= 11 is 6.16. The smallest absolute Gasteiger partial charge is 0.228 e. The number of halogens is 1. The SMILES string of the molecule is C[C@@H](NC(=O)C1(CN)CCOCC1)c1ccccc1Cl. The highest BCUT2D eigenvalue weighted by molar-refractivity contribution is 6.31. The fraction of sp³-hybridized carbons (Fsp3) is 0.533. The molecule has 0 spiro atoms. The monoisotopic (exact) mass is 296 g/mol. The first-order valence-electron chi connectivity index (χ1n) is 6.92. The van der Waals surface area contributed by atoms with Crippen molar-refractivity contribution >= 4 is 17.5 Å². The van der Waals surface area contributed by atoms with Crippen molar-refractivity contribution in [3.05, 3.63) is 34.9 Å². The molecule has 3 N–H and O–H groups in total. The van der Waals surface area contributed by atoms with Crippen LogP contribution in [0.4, 0.5) is 0 Å². The van der Waals surface area contributed by atoms with Gasteiger partial charge in [0.05, 0.1) is 11.5 Å². The van der Waals surface area contributed by atoms with E-state index in [1.165, 1.54) is 0 Å². The van der Waals surface area contributed by atoms with Crippen LogP contribution in [-0.4, -0.2) is 25.7 Å². The molecule has 0 unspecified atom stereocenters. The molecule has 2 rings (SSSR count). The van der Waals surface area contributed by atoms with Crippen LogP contribution in [0.5, 0.6) is 0 Å². The van der Waals surface area contributed by atoms with E-state index in [0.717, 1.165) is 5.56 Å². The molecule has 1 aliphatic rings. The summed E-state index contributed by atoms with van der Waals surface area (Å²) in [4.78, 5) is 12.6. The summed E-state index contributed by atoms with van der Waals surface area (Å²) in [5, 5.41) is 3.70. The molecule has 0 radical (unpaired) electrons. The highest BCUT2D eigenvalue weighted by atomic mass is 35.5. The third kappa shape index (κ3) is 3.14. The summed E-state index contributed by atoms with van der Waals surface area (Å²) < 4.78 is 5.33. The van der Waals surface area contributed by atoms with Gasteiger partial charge in [-0.05, 0) is 31.4 Å². The van der Waals surface area contributed by atoms with Crippen LogP contribution in [0.15, 0.2) is 24.3 Å². The second kappa shape index (κ2) is 6.57. The van der Waals surface area contributed by atoms with Gasteiger partial charge in [-0.1, -0.05) is 29.8 Å². The van der Waals surface area contributed by atoms with Gasteiger partial charge in [0.2, 0.25) is 5.91 Å². The van der Waals surface area contributed by atoms with Crippen molar-refractivity contribution < 1.29 is 9.53 Å². The summed E-state index contributed by atoms with van der Waals surface area (Å²) in [7, 11) is 0. The lowest BCUT2D eigenvalue weighted by Gasteiger charge is -2.35. The van der Waals surface area contributed by atoms with Gasteiger partial charge in [0.1, 0.15) is 0 Å². The number of ether oxygens (including phenoxy) is 1. The molecule has 1 heterocycles. The van der Waals surface area contributed by atoms with Crippen molar-refractivity contribution in [3.8, 4) is 0 Å². The molecule has 1 aromatic rings. The number of rotatable bonds is 4. The van der Waals surface area contributed by atoms with Gasteiger partial charge in [-0.2, -0.15) is 0 Å². The van der Waals surface area contributed by atoms with E-state index < -0.39 is 5.41 Å². The van der Waals surface area contributed by atoms with Crippen LogP contribution in [-0.2, 0) is 9.53 Å². The first-order chi connectivity index (χ1) is 9.59. The Balaban J connectivity index is 2.08. The second-order valence-electron chi connectivity index (χ2n) is 5.31. The van der Waals surface area contributed by atoms with E-state index in [4.69, 9.17) is 22.1 Å². The molecule has 1 fully saturated rings. The fourth-order valence-electron chi connectivity index (χ4n) is 2.54. The zero-order valence-corrected chi connectivity index (χ0v) is 12.5. The largest absolute Gasteiger partial charge is 0.381 e. The standard InChI is InChI=1S/C15H21ClN2O2/c1-11(12-4-2-3-5-13(12)16)18-14(19)15(10-17)6-8-20-9-7-15/h2-5,11H,6-10,17H2,1H3,(H,18,19)/t11-/m1/s1. The lowest BCUT2D eigenvalue weighted by atomic mass is 9.79. The van der Waals surface area contributed by atoms with Crippen molar-refractivity contribution in [2.75, 3.05) is 19.8 Å². The maximum atomic E-state index is 12.6. The Morgan fingerprint density at radius 3 is 2.70 bits per heavy atom. The Labute approximate surface area is 124 Å². The van der Waals surface area contributed by atoms with E-state index in [9.17, 15) is 4.79 Å². The molecule has 1 saturated heterocycles. The van der Waals surface area contributed by atoms with Crippen LogP contribution in [0.3, 0.4) is 0 Å². The average Bonchev–Trinajstić information content (AvgIpc) is 2.48. The van der Waals surface area contributed by atoms with Gasteiger partial charge in [-0.15, -0.1) is 0 Å². The van der Waals surface area contributed by atoms with Gasteiger partial charge in [0.15, 0.2) is 0 Å². The molecule has 0 bridgehead atoms. The van der Waals surface area contributed by atoms with Crippen molar-refractivity contribution in [2.45, 2.75) is 25.8 Å². The number of benzene rings is 1. The predicted molar refractivity (Wildman–Crippen MR) is 79.6 cm³/mol. The van der Waals surface area contributed by atoms with E-state index in [0.29, 0.717) is 37.6 Å². The Kier molecular flexibility index (Phi) is 5.02. The van der Waals surface area contributed by atoms with Gasteiger partial charge in [-0.3, -0.25) is 4.79 Å². The van der Waals surface area contributed by atoms with Gasteiger partial charge >= 0.3 is 0 Å². The van der Waals surface area contributed by atoms with E-state index in [2.05, 4.69) is 5.32 Å². The van der Waals surface area contributed by atoms with Crippen LogP contribution >= 0.6 is 11.6 Å². The number of nitrogens with one attached hydrogen (secondary N) is 1. The summed E-state index contributed by atoms with van der Waals surface area (Å²) in [6.45, 7) is 3.45. The van der Waals surface area contributed by atoms with Crippen LogP contribution in [0.2, 0.25) is 5.02 Å². The third-order valence-electron chi connectivity index (χ3n) is 4.04. The molecule has 5 heteroatoms. The number of carbonyl (C=O) groups is 1. The van der Waals surface area contributed by atoms with Crippen molar-refractivity contribution in [1.29, 1.82) is 0 Å². The molecule has 0 saturated carbocycles. The number of amides is 1. The molecule has 20 heavy (non-hydrogen) atoms. The second-order valence-corrected chi connectivity index (χ2v) is 5.72. The quantitative estimate of drug-likeness (QED) is 0.896. The molecule has 0 aromatic heterocycles. The normalized spacial score (nSPS) is 19.4. The molecular formula is C15H21ClN2O2. The highest BCUT2D eigenvalue weighted by Gasteiger charge is 2.39. The molecule has 1 atom stereocenters. The minimum atomic E-state index is -0.506. The summed E-state index contributed by atoms with van der Waals surface area (Å²) in [5.41, 5.74) is 6.25. The Morgan fingerprint density at radius 2 is 2.10 bits per heavy atom. The molecule has 4 nitrogen and oxygen atoms in total. The van der Waals surface area contributed by atoms with Crippen molar-refractivity contribution in [3.63, 3.8) is 0 Å². The number of nitrogens with two attached hydrogens (primary N) is 1. The Morgan fingerprint density at radius 1 is 1.45 bits per heavy atom. The fourth-order valence-corrected chi connectivity index (χ4v) is 2.84. The first kappa shape index (κ1) is 15.3. The molecule has 0 aliphatic carbocycles. The molecule has 1 amide bonds. The Bertz CT molecular complexity index is 473. The van der Waals surface area contributed by atoms with Crippen molar-refractivity contribution in [2.24, 2.45) is 11.1 Å². The number of carbonyl (C=O) groups excluding carboxylic acids is 1. The maximum absolute atomic E-state index is 12.6. The average molecular weight is 297 g/mol. The topological polar surface area (TPSA) is 64.4 Å². The number of hydrogen-bond acceptors (Lipinski definition) is 3. The molecule has 110 valence electrons. The van der Waals surface area contributed by atoms with Crippen LogP contribution in [0.1, 0.15) is 31.4 Å². The lowest BCUT2D eigenvalue weighted by Crippen LogP contribution is -2.49. The minimum Gasteiger partial charge on any atom is -0.381 e. The highest BCUT2D eigenvalue weighted by Crippen LogP contribution is 2.31. The van der Waals surface area contributed by atoms with Gasteiger partial charge in [-0.25, -0.2) is 0 Å².